The lowest BCUT2D eigenvalue weighted by atomic mass is 9.91. The van der Waals surface area contributed by atoms with Crippen LogP contribution in [0.2, 0.25) is 0 Å². The van der Waals surface area contributed by atoms with E-state index in [1.807, 2.05) is 0 Å². The lowest BCUT2D eigenvalue weighted by molar-refractivity contribution is 0.336. The first-order chi connectivity index (χ1) is 10.8. The molecule has 0 saturated carbocycles. The molecule has 0 aliphatic heterocycles. The van der Waals surface area contributed by atoms with Gasteiger partial charge in [-0.25, -0.2) is 0 Å². The van der Waals surface area contributed by atoms with Gasteiger partial charge in [-0.3, -0.25) is 0 Å². The van der Waals surface area contributed by atoms with E-state index in [1.165, 1.54) is 70.8 Å². The van der Waals surface area contributed by atoms with Gasteiger partial charge >= 0.3 is 0 Å². The number of hydrogen-bond donors (Lipinski definition) is 0. The van der Waals surface area contributed by atoms with Crippen LogP contribution in [0.5, 0.6) is 0 Å². The van der Waals surface area contributed by atoms with Gasteiger partial charge in [-0.2, -0.15) is 0 Å². The second kappa shape index (κ2) is 14.3. The van der Waals surface area contributed by atoms with Crippen LogP contribution in [0, 0.1) is 23.7 Å². The molecule has 0 aromatic carbocycles. The first-order valence-corrected chi connectivity index (χ1v) is 10.5. The maximum atomic E-state index is 2.47. The summed E-state index contributed by atoms with van der Waals surface area (Å²) in [5.41, 5.74) is 0. The molecule has 1 nitrogen and oxygen atoms in total. The Hall–Kier alpha value is -0.0400. The summed E-state index contributed by atoms with van der Waals surface area (Å²) in [6, 6.07) is 0. The van der Waals surface area contributed by atoms with Crippen LogP contribution in [0.4, 0.5) is 0 Å². The zero-order chi connectivity index (χ0) is 17.7. The van der Waals surface area contributed by atoms with Crippen molar-refractivity contribution in [2.24, 2.45) is 23.7 Å². The lowest BCUT2D eigenvalue weighted by Crippen LogP contribution is -2.15. The van der Waals surface area contributed by atoms with E-state index in [0.29, 0.717) is 0 Å². The zero-order valence-corrected chi connectivity index (χ0v) is 17.5. The molecular formula is C22H47N. The largest absolute Gasteiger partial charge is 0.309 e. The van der Waals surface area contributed by atoms with Crippen LogP contribution in [0.15, 0.2) is 0 Å². The fraction of sp³-hybridized carbons (Fsp3) is 1.00. The highest BCUT2D eigenvalue weighted by molar-refractivity contribution is 4.61. The molecule has 23 heavy (non-hydrogen) atoms. The minimum absolute atomic E-state index is 0.877. The molecule has 0 aliphatic rings. The van der Waals surface area contributed by atoms with Crippen molar-refractivity contribution in [1.82, 2.24) is 4.90 Å². The molecular weight excluding hydrogens is 278 g/mol. The fourth-order valence-electron chi connectivity index (χ4n) is 3.42. The average molecular weight is 326 g/mol. The van der Waals surface area contributed by atoms with Gasteiger partial charge in [-0.1, -0.05) is 92.4 Å². The molecule has 3 atom stereocenters. The first-order valence-electron chi connectivity index (χ1n) is 10.5. The van der Waals surface area contributed by atoms with Crippen molar-refractivity contribution in [2.75, 3.05) is 20.6 Å². The van der Waals surface area contributed by atoms with Gasteiger partial charge in [0.2, 0.25) is 0 Å². The number of nitrogens with zero attached hydrogens (tertiary/aromatic N) is 1. The van der Waals surface area contributed by atoms with Crippen molar-refractivity contribution in [3.8, 4) is 0 Å². The third-order valence-electron chi connectivity index (χ3n) is 5.34. The van der Waals surface area contributed by atoms with Gasteiger partial charge in [0.15, 0.2) is 0 Å². The highest BCUT2D eigenvalue weighted by atomic mass is 15.0. The molecule has 0 aromatic heterocycles. The van der Waals surface area contributed by atoms with Crippen LogP contribution in [0.25, 0.3) is 0 Å². The van der Waals surface area contributed by atoms with Crippen molar-refractivity contribution in [3.05, 3.63) is 0 Å². The van der Waals surface area contributed by atoms with Crippen LogP contribution in [-0.4, -0.2) is 25.5 Å². The molecule has 0 aromatic rings. The predicted octanol–water partition coefficient (Wildman–Crippen LogP) is 7.01. The Morgan fingerprint density at radius 2 is 0.870 bits per heavy atom. The summed E-state index contributed by atoms with van der Waals surface area (Å²) < 4.78 is 0. The van der Waals surface area contributed by atoms with E-state index < -0.39 is 0 Å². The average Bonchev–Trinajstić information content (AvgIpc) is 2.44. The summed E-state index contributed by atoms with van der Waals surface area (Å²) in [6.45, 7) is 13.3. The SMILES string of the molecule is CC(C)CCCC(C)CCCC(C)CCCC(C)CCN(C)C. The highest BCUT2D eigenvalue weighted by Crippen LogP contribution is 2.22. The Morgan fingerprint density at radius 3 is 1.22 bits per heavy atom. The Kier molecular flexibility index (Phi) is 14.3. The van der Waals surface area contributed by atoms with Crippen molar-refractivity contribution in [2.45, 2.75) is 98.8 Å². The topological polar surface area (TPSA) is 3.24 Å². The Labute approximate surface area is 148 Å². The minimum atomic E-state index is 0.877. The fourth-order valence-corrected chi connectivity index (χ4v) is 3.42. The standard InChI is InChI=1S/C22H47N/c1-19(2)11-8-12-20(3)13-9-14-21(4)15-10-16-22(5)17-18-23(6)7/h19-22H,8-18H2,1-7H3. The summed E-state index contributed by atoms with van der Waals surface area (Å²) in [5, 5.41) is 0. The second-order valence-electron chi connectivity index (χ2n) is 9.09. The highest BCUT2D eigenvalue weighted by Gasteiger charge is 2.08. The van der Waals surface area contributed by atoms with E-state index in [1.54, 1.807) is 0 Å². The Balaban J connectivity index is 3.50. The van der Waals surface area contributed by atoms with Gasteiger partial charge in [0, 0.05) is 0 Å². The van der Waals surface area contributed by atoms with E-state index >= 15 is 0 Å². The summed E-state index contributed by atoms with van der Waals surface area (Å²) in [7, 11) is 4.36. The molecule has 0 heterocycles. The molecule has 0 rings (SSSR count). The van der Waals surface area contributed by atoms with E-state index in [9.17, 15) is 0 Å². The molecule has 0 amide bonds. The quantitative estimate of drug-likeness (QED) is 0.313. The molecule has 0 N–H and O–H groups in total. The van der Waals surface area contributed by atoms with Crippen LogP contribution in [0.1, 0.15) is 98.8 Å². The van der Waals surface area contributed by atoms with Crippen molar-refractivity contribution in [1.29, 1.82) is 0 Å². The van der Waals surface area contributed by atoms with Crippen LogP contribution in [-0.2, 0) is 0 Å². The summed E-state index contributed by atoms with van der Waals surface area (Å²) in [5.74, 6) is 3.64. The van der Waals surface area contributed by atoms with Crippen LogP contribution < -0.4 is 0 Å². The lowest BCUT2D eigenvalue weighted by Gasteiger charge is -2.17. The molecule has 0 aliphatic carbocycles. The predicted molar refractivity (Wildman–Crippen MR) is 107 cm³/mol. The van der Waals surface area contributed by atoms with Gasteiger partial charge in [0.05, 0.1) is 0 Å². The van der Waals surface area contributed by atoms with Gasteiger partial charge in [0.1, 0.15) is 0 Å². The van der Waals surface area contributed by atoms with Gasteiger partial charge in [-0.05, 0) is 50.7 Å². The normalized spacial score (nSPS) is 16.0. The zero-order valence-electron chi connectivity index (χ0n) is 17.5. The molecule has 0 radical (unpaired) electrons. The molecule has 0 saturated heterocycles. The second-order valence-corrected chi connectivity index (χ2v) is 9.09. The maximum absolute atomic E-state index is 2.47. The van der Waals surface area contributed by atoms with E-state index in [4.69, 9.17) is 0 Å². The third-order valence-corrected chi connectivity index (χ3v) is 5.34. The monoisotopic (exact) mass is 325 g/mol. The number of hydrogen-bond acceptors (Lipinski definition) is 1. The van der Waals surface area contributed by atoms with Crippen molar-refractivity contribution < 1.29 is 0 Å². The van der Waals surface area contributed by atoms with Gasteiger partial charge < -0.3 is 4.90 Å². The van der Waals surface area contributed by atoms with Crippen molar-refractivity contribution >= 4 is 0 Å². The Morgan fingerprint density at radius 1 is 0.522 bits per heavy atom. The third kappa shape index (κ3) is 16.6. The Bertz CT molecular complexity index is 246. The number of rotatable bonds is 15. The van der Waals surface area contributed by atoms with Crippen LogP contribution in [0.3, 0.4) is 0 Å². The minimum Gasteiger partial charge on any atom is -0.309 e. The van der Waals surface area contributed by atoms with Crippen LogP contribution >= 0.6 is 0 Å². The van der Waals surface area contributed by atoms with Crippen molar-refractivity contribution in [3.63, 3.8) is 0 Å². The van der Waals surface area contributed by atoms with Gasteiger partial charge in [0.25, 0.3) is 0 Å². The van der Waals surface area contributed by atoms with E-state index in [2.05, 4.69) is 53.6 Å². The molecule has 3 unspecified atom stereocenters. The first kappa shape index (κ1) is 23.0. The summed E-state index contributed by atoms with van der Waals surface area (Å²) >= 11 is 0. The summed E-state index contributed by atoms with van der Waals surface area (Å²) in [4.78, 5) is 2.31. The molecule has 1 heteroatoms. The van der Waals surface area contributed by atoms with E-state index in [0.717, 1.165) is 23.7 Å². The molecule has 0 bridgehead atoms. The molecule has 140 valence electrons. The smallest absolute Gasteiger partial charge is 0.00223 e. The molecule has 0 spiro atoms. The molecule has 0 fully saturated rings. The van der Waals surface area contributed by atoms with Gasteiger partial charge in [-0.15, -0.1) is 0 Å². The maximum Gasteiger partial charge on any atom is -0.00223 e. The summed E-state index contributed by atoms with van der Waals surface area (Å²) in [6.07, 6.45) is 14.3. The van der Waals surface area contributed by atoms with E-state index in [-0.39, 0.29) is 0 Å².